The van der Waals surface area contributed by atoms with E-state index in [1.165, 1.54) is 0 Å². The van der Waals surface area contributed by atoms with Gasteiger partial charge in [-0.1, -0.05) is 13.8 Å². The van der Waals surface area contributed by atoms with E-state index in [1.807, 2.05) is 13.8 Å². The van der Waals surface area contributed by atoms with E-state index in [1.54, 1.807) is 0 Å². The van der Waals surface area contributed by atoms with Crippen LogP contribution in [0.15, 0.2) is 0 Å². The van der Waals surface area contributed by atoms with Gasteiger partial charge in [-0.25, -0.2) is 0 Å². The zero-order chi connectivity index (χ0) is 14.9. The van der Waals surface area contributed by atoms with Crippen LogP contribution in [0.5, 0.6) is 0 Å². The Labute approximate surface area is 113 Å². The number of halogens is 3. The summed E-state index contributed by atoms with van der Waals surface area (Å²) >= 11 is 0. The molecule has 1 N–H and O–H groups in total. The Balaban J connectivity index is 4.11. The second kappa shape index (κ2) is 8.39. The molecule has 0 amide bonds. The summed E-state index contributed by atoms with van der Waals surface area (Å²) in [6.07, 6.45) is -3.63. The lowest BCUT2D eigenvalue weighted by Gasteiger charge is -2.27. The molecule has 0 saturated heterocycles. The Morgan fingerprint density at radius 1 is 1.32 bits per heavy atom. The van der Waals surface area contributed by atoms with Gasteiger partial charge in [0, 0.05) is 6.61 Å². The lowest BCUT2D eigenvalue weighted by molar-refractivity contribution is -0.214. The first kappa shape index (κ1) is 18.2. The Morgan fingerprint density at radius 2 is 1.95 bits per heavy atom. The Hall–Kier alpha value is -0.800. The number of rotatable bonds is 9. The van der Waals surface area contributed by atoms with E-state index in [-0.39, 0.29) is 6.61 Å². The molecule has 19 heavy (non-hydrogen) atoms. The molecule has 3 nitrogen and oxygen atoms in total. The van der Waals surface area contributed by atoms with Crippen LogP contribution in [0.3, 0.4) is 0 Å². The van der Waals surface area contributed by atoms with Gasteiger partial charge in [0.1, 0.15) is 5.54 Å². The molecule has 0 aromatic carbocycles. The van der Waals surface area contributed by atoms with Gasteiger partial charge in [0.25, 0.3) is 0 Å². The molecule has 6 heteroatoms. The number of hydrogen-bond donors (Lipinski definition) is 1. The molecule has 0 spiro atoms. The highest BCUT2D eigenvalue weighted by Gasteiger charge is 2.37. The van der Waals surface area contributed by atoms with Crippen LogP contribution in [0.1, 0.15) is 46.5 Å². The molecule has 0 aliphatic carbocycles. The minimum absolute atomic E-state index is 0.0118. The van der Waals surface area contributed by atoms with Crippen molar-refractivity contribution in [1.29, 1.82) is 5.26 Å². The summed E-state index contributed by atoms with van der Waals surface area (Å²) in [6, 6.07) is 2.23. The minimum atomic E-state index is -4.32. The third-order valence-corrected chi connectivity index (χ3v) is 3.11. The molecule has 2 unspecified atom stereocenters. The molecule has 0 heterocycles. The smallest absolute Gasteiger partial charge is 0.369 e. The maximum atomic E-state index is 12.2. The van der Waals surface area contributed by atoms with Crippen LogP contribution in [-0.2, 0) is 4.74 Å². The van der Waals surface area contributed by atoms with Crippen molar-refractivity contribution in [2.45, 2.75) is 64.3 Å². The van der Waals surface area contributed by atoms with E-state index in [4.69, 9.17) is 4.74 Å². The van der Waals surface area contributed by atoms with Crippen LogP contribution in [0.4, 0.5) is 13.2 Å². The molecule has 0 aromatic rings. The largest absolute Gasteiger partial charge is 0.414 e. The predicted octanol–water partition coefficient (Wildman–Crippen LogP) is 3.41. The van der Waals surface area contributed by atoms with Gasteiger partial charge >= 0.3 is 6.18 Å². The standard InChI is InChI=1S/C13H23F3N2O/c1-4-8-18-12(5-2,10-17)7-6-9-19-11(3)13(14,15)16/h11,18H,4-9H2,1-3H3. The monoisotopic (exact) mass is 280 g/mol. The van der Waals surface area contributed by atoms with Crippen LogP contribution in [0.25, 0.3) is 0 Å². The number of alkyl halides is 3. The molecular weight excluding hydrogens is 257 g/mol. The van der Waals surface area contributed by atoms with Gasteiger partial charge in [0.05, 0.1) is 6.07 Å². The third-order valence-electron chi connectivity index (χ3n) is 3.11. The van der Waals surface area contributed by atoms with Gasteiger partial charge < -0.3 is 4.74 Å². The van der Waals surface area contributed by atoms with Crippen molar-refractivity contribution in [3.8, 4) is 6.07 Å². The SMILES string of the molecule is CCCNC(C#N)(CC)CCCOC(C)C(F)(F)F. The van der Waals surface area contributed by atoms with E-state index in [9.17, 15) is 18.4 Å². The van der Waals surface area contributed by atoms with Crippen molar-refractivity contribution in [1.82, 2.24) is 5.32 Å². The molecule has 2 atom stereocenters. The number of ether oxygens (including phenoxy) is 1. The average molecular weight is 280 g/mol. The second-order valence-electron chi connectivity index (χ2n) is 4.63. The summed E-state index contributed by atoms with van der Waals surface area (Å²) in [5.74, 6) is 0. The van der Waals surface area contributed by atoms with Gasteiger partial charge in [0.15, 0.2) is 6.10 Å². The Kier molecular flexibility index (Phi) is 8.03. The van der Waals surface area contributed by atoms with E-state index < -0.39 is 17.8 Å². The fourth-order valence-electron chi connectivity index (χ4n) is 1.66. The number of nitrogens with zero attached hydrogens (tertiary/aromatic N) is 1. The molecule has 0 aliphatic heterocycles. The molecule has 0 saturated carbocycles. The van der Waals surface area contributed by atoms with E-state index >= 15 is 0 Å². The van der Waals surface area contributed by atoms with Crippen molar-refractivity contribution < 1.29 is 17.9 Å². The van der Waals surface area contributed by atoms with Crippen LogP contribution >= 0.6 is 0 Å². The van der Waals surface area contributed by atoms with Crippen LogP contribution in [0.2, 0.25) is 0 Å². The first-order valence-electron chi connectivity index (χ1n) is 6.66. The molecule has 0 radical (unpaired) electrons. The maximum Gasteiger partial charge on any atom is 0.414 e. The van der Waals surface area contributed by atoms with Crippen molar-refractivity contribution in [3.05, 3.63) is 0 Å². The molecule has 0 aliphatic rings. The van der Waals surface area contributed by atoms with Crippen molar-refractivity contribution >= 4 is 0 Å². The van der Waals surface area contributed by atoms with Gasteiger partial charge in [-0.2, -0.15) is 18.4 Å². The number of hydrogen-bond acceptors (Lipinski definition) is 3. The van der Waals surface area contributed by atoms with E-state index in [2.05, 4.69) is 11.4 Å². The number of nitriles is 1. The van der Waals surface area contributed by atoms with Crippen LogP contribution in [-0.4, -0.2) is 31.0 Å². The van der Waals surface area contributed by atoms with Gasteiger partial charge in [-0.05, 0) is 39.2 Å². The first-order chi connectivity index (χ1) is 8.81. The second-order valence-corrected chi connectivity index (χ2v) is 4.63. The highest BCUT2D eigenvalue weighted by molar-refractivity contribution is 5.06. The fraction of sp³-hybridized carbons (Fsp3) is 0.923. The molecule has 112 valence electrons. The quantitative estimate of drug-likeness (QED) is 0.658. The normalized spacial score (nSPS) is 16.7. The third kappa shape index (κ3) is 6.79. The zero-order valence-electron chi connectivity index (χ0n) is 11.8. The summed E-state index contributed by atoms with van der Waals surface area (Å²) in [5, 5.41) is 12.4. The molecular formula is C13H23F3N2O. The highest BCUT2D eigenvalue weighted by atomic mass is 19.4. The van der Waals surface area contributed by atoms with Gasteiger partial charge in [-0.15, -0.1) is 0 Å². The van der Waals surface area contributed by atoms with Crippen molar-refractivity contribution in [2.75, 3.05) is 13.2 Å². The fourth-order valence-corrected chi connectivity index (χ4v) is 1.66. The van der Waals surface area contributed by atoms with Crippen molar-refractivity contribution in [2.24, 2.45) is 0 Å². The molecule has 0 bridgehead atoms. The van der Waals surface area contributed by atoms with Crippen LogP contribution in [0, 0.1) is 11.3 Å². The molecule has 0 rings (SSSR count). The van der Waals surface area contributed by atoms with Crippen LogP contribution < -0.4 is 5.32 Å². The summed E-state index contributed by atoms with van der Waals surface area (Å²) in [6.45, 7) is 5.62. The number of nitrogens with one attached hydrogen (secondary N) is 1. The lowest BCUT2D eigenvalue weighted by Crippen LogP contribution is -2.44. The van der Waals surface area contributed by atoms with Crippen molar-refractivity contribution in [3.63, 3.8) is 0 Å². The molecule has 0 fully saturated rings. The van der Waals surface area contributed by atoms with Gasteiger partial charge in [-0.3, -0.25) is 5.32 Å². The topological polar surface area (TPSA) is 45.0 Å². The zero-order valence-corrected chi connectivity index (χ0v) is 11.8. The Bertz CT molecular complexity index is 289. The first-order valence-corrected chi connectivity index (χ1v) is 6.66. The lowest BCUT2D eigenvalue weighted by atomic mass is 9.92. The highest BCUT2D eigenvalue weighted by Crippen LogP contribution is 2.23. The summed E-state index contributed by atoms with van der Waals surface area (Å²) < 4.78 is 41.4. The predicted molar refractivity (Wildman–Crippen MR) is 67.6 cm³/mol. The van der Waals surface area contributed by atoms with E-state index in [0.717, 1.165) is 19.9 Å². The average Bonchev–Trinajstić information content (AvgIpc) is 2.37. The maximum absolute atomic E-state index is 12.2. The molecule has 0 aromatic heterocycles. The van der Waals surface area contributed by atoms with Gasteiger partial charge in [0.2, 0.25) is 0 Å². The Morgan fingerprint density at radius 3 is 2.37 bits per heavy atom. The summed E-state index contributed by atoms with van der Waals surface area (Å²) in [4.78, 5) is 0. The summed E-state index contributed by atoms with van der Waals surface area (Å²) in [7, 11) is 0. The van der Waals surface area contributed by atoms with E-state index in [0.29, 0.717) is 19.3 Å². The minimum Gasteiger partial charge on any atom is -0.369 e. The summed E-state index contributed by atoms with van der Waals surface area (Å²) in [5.41, 5.74) is -0.652.